The Morgan fingerprint density at radius 3 is 1.08 bits per heavy atom. The lowest BCUT2D eigenvalue weighted by Crippen LogP contribution is -2.27. The average molecular weight is 785 g/mol. The van der Waals surface area contributed by atoms with Crippen molar-refractivity contribution in [1.29, 1.82) is 0 Å². The number of hydrogen-bond acceptors (Lipinski definition) is 3. The molecule has 11 rings (SSSR count). The molecule has 9 aromatic carbocycles. The molecule has 4 nitrogen and oxygen atoms in total. The van der Waals surface area contributed by atoms with E-state index in [4.69, 9.17) is 0 Å². The molecule has 0 N–H and O–H groups in total. The highest BCUT2D eigenvalue weighted by Gasteiger charge is 2.37. The number of aromatic nitrogens is 1. The largest absolute Gasteiger partial charge is 0.310 e. The Balaban J connectivity index is 1.20. The third-order valence-electron chi connectivity index (χ3n) is 12.3. The van der Waals surface area contributed by atoms with Crippen molar-refractivity contribution in [3.05, 3.63) is 242 Å². The molecule has 61 heavy (non-hydrogen) atoms. The van der Waals surface area contributed by atoms with Crippen LogP contribution < -0.4 is 14.7 Å². The van der Waals surface area contributed by atoms with Crippen molar-refractivity contribution in [3.8, 4) is 5.69 Å². The lowest BCUT2D eigenvalue weighted by Gasteiger charge is -2.37. The molecule has 0 radical (unpaired) electrons. The van der Waals surface area contributed by atoms with E-state index in [1.54, 1.807) is 0 Å². The van der Waals surface area contributed by atoms with Crippen LogP contribution >= 0.6 is 0 Å². The maximum absolute atomic E-state index is 2.53. The summed E-state index contributed by atoms with van der Waals surface area (Å²) in [6.45, 7) is 4.80. The Hall–Kier alpha value is -7.82. The van der Waals surface area contributed by atoms with E-state index < -0.39 is 0 Å². The summed E-state index contributed by atoms with van der Waals surface area (Å²) in [5.74, 6) is 0. The maximum atomic E-state index is 2.53. The highest BCUT2D eigenvalue weighted by atomic mass is 15.2. The van der Waals surface area contributed by atoms with Crippen molar-refractivity contribution in [2.75, 3.05) is 14.7 Å². The molecule has 10 aromatic rings. The lowest BCUT2D eigenvalue weighted by atomic mass is 9.74. The van der Waals surface area contributed by atoms with Crippen LogP contribution in [0.25, 0.3) is 27.5 Å². The fourth-order valence-electron chi connectivity index (χ4n) is 9.42. The molecule has 0 saturated heterocycles. The van der Waals surface area contributed by atoms with Gasteiger partial charge in [-0.05, 0) is 132 Å². The van der Waals surface area contributed by atoms with E-state index in [9.17, 15) is 0 Å². The Morgan fingerprint density at radius 2 is 0.656 bits per heavy atom. The van der Waals surface area contributed by atoms with Gasteiger partial charge in [0.1, 0.15) is 0 Å². The smallest absolute Gasteiger partial charge is 0.0583 e. The minimum atomic E-state index is -0.370. The second kappa shape index (κ2) is 14.8. The lowest BCUT2D eigenvalue weighted by molar-refractivity contribution is 0.630. The second-order valence-electron chi connectivity index (χ2n) is 16.3. The summed E-state index contributed by atoms with van der Waals surface area (Å²) in [5.41, 5.74) is 15.9. The number of nitrogens with zero attached hydrogens (tertiary/aromatic N) is 4. The van der Waals surface area contributed by atoms with Gasteiger partial charge in [0.05, 0.1) is 16.7 Å². The molecule has 1 aliphatic heterocycles. The van der Waals surface area contributed by atoms with Crippen LogP contribution in [-0.4, -0.2) is 4.57 Å². The zero-order valence-electron chi connectivity index (χ0n) is 34.2. The van der Waals surface area contributed by atoms with Crippen LogP contribution in [-0.2, 0) is 5.41 Å². The van der Waals surface area contributed by atoms with Gasteiger partial charge in [0.2, 0.25) is 0 Å². The average Bonchev–Trinajstić information content (AvgIpc) is 3.64. The molecular formula is C57H44N4. The van der Waals surface area contributed by atoms with Crippen LogP contribution in [0.3, 0.4) is 0 Å². The Morgan fingerprint density at radius 1 is 0.311 bits per heavy atom. The van der Waals surface area contributed by atoms with Crippen LogP contribution in [0.2, 0.25) is 0 Å². The number of rotatable bonds is 9. The van der Waals surface area contributed by atoms with Crippen molar-refractivity contribution < 1.29 is 0 Å². The summed E-state index contributed by atoms with van der Waals surface area (Å²) >= 11 is 0. The second-order valence-corrected chi connectivity index (χ2v) is 16.3. The molecule has 1 aliphatic rings. The zero-order valence-corrected chi connectivity index (χ0v) is 34.2. The van der Waals surface area contributed by atoms with Crippen molar-refractivity contribution in [2.45, 2.75) is 19.3 Å². The molecular weight excluding hydrogens is 741 g/mol. The summed E-state index contributed by atoms with van der Waals surface area (Å²) in [7, 11) is 0. The number of benzene rings is 9. The summed E-state index contributed by atoms with van der Waals surface area (Å²) < 4.78 is 2.53. The summed E-state index contributed by atoms with van der Waals surface area (Å²) in [6.07, 6.45) is 0. The molecule has 2 heterocycles. The van der Waals surface area contributed by atoms with Gasteiger partial charge in [0.15, 0.2) is 0 Å². The Bertz CT molecular complexity index is 3030. The first-order valence-electron chi connectivity index (χ1n) is 21.0. The minimum Gasteiger partial charge on any atom is -0.310 e. The van der Waals surface area contributed by atoms with Gasteiger partial charge in [0.25, 0.3) is 0 Å². The van der Waals surface area contributed by atoms with E-state index in [-0.39, 0.29) is 5.41 Å². The van der Waals surface area contributed by atoms with Gasteiger partial charge >= 0.3 is 0 Å². The van der Waals surface area contributed by atoms with Crippen LogP contribution in [0, 0.1) is 0 Å². The van der Waals surface area contributed by atoms with Gasteiger partial charge in [-0.15, -0.1) is 0 Å². The first-order valence-corrected chi connectivity index (χ1v) is 21.0. The van der Waals surface area contributed by atoms with E-state index in [1.165, 1.54) is 38.6 Å². The van der Waals surface area contributed by atoms with Crippen LogP contribution in [0.15, 0.2) is 231 Å². The van der Waals surface area contributed by atoms with Crippen molar-refractivity contribution >= 4 is 73.0 Å². The predicted octanol–water partition coefficient (Wildman–Crippen LogP) is 15.8. The van der Waals surface area contributed by atoms with Gasteiger partial charge in [0, 0.05) is 67.4 Å². The quantitative estimate of drug-likeness (QED) is 0.145. The monoisotopic (exact) mass is 784 g/mol. The topological polar surface area (TPSA) is 14.7 Å². The molecule has 1 aromatic heterocycles. The molecule has 0 aliphatic carbocycles. The molecule has 0 fully saturated rings. The summed E-state index contributed by atoms with van der Waals surface area (Å²) in [5, 5.41) is 2.43. The zero-order chi connectivity index (χ0) is 40.9. The van der Waals surface area contributed by atoms with E-state index >= 15 is 0 Å². The molecule has 0 unspecified atom stereocenters. The van der Waals surface area contributed by atoms with E-state index in [2.05, 4.69) is 264 Å². The molecule has 292 valence electrons. The van der Waals surface area contributed by atoms with Crippen molar-refractivity contribution in [2.24, 2.45) is 0 Å². The SMILES string of the molecule is CC1(C)c2cc(N(c3ccccc3)c3ccccc3)ccc2-n2c3ccc(N(c4ccccc4)c4ccccc4)cc3c3cc(N(c4ccccc4)c4ccccc4)cc1c32. The van der Waals surface area contributed by atoms with Crippen LogP contribution in [0.1, 0.15) is 25.0 Å². The van der Waals surface area contributed by atoms with Crippen LogP contribution in [0.5, 0.6) is 0 Å². The predicted molar refractivity (Wildman–Crippen MR) is 257 cm³/mol. The van der Waals surface area contributed by atoms with E-state index in [0.29, 0.717) is 0 Å². The first-order chi connectivity index (χ1) is 30.0. The third-order valence-corrected chi connectivity index (χ3v) is 12.3. The van der Waals surface area contributed by atoms with E-state index in [1.807, 2.05) is 0 Å². The van der Waals surface area contributed by atoms with Crippen LogP contribution in [0.4, 0.5) is 51.2 Å². The van der Waals surface area contributed by atoms with Gasteiger partial charge in [-0.3, -0.25) is 0 Å². The number of anilines is 9. The van der Waals surface area contributed by atoms with Gasteiger partial charge in [-0.2, -0.15) is 0 Å². The highest BCUT2D eigenvalue weighted by molar-refractivity contribution is 6.14. The molecule has 4 heteroatoms. The molecule has 0 amide bonds. The van der Waals surface area contributed by atoms with Crippen molar-refractivity contribution in [1.82, 2.24) is 4.57 Å². The number of hydrogen-bond donors (Lipinski definition) is 0. The number of fused-ring (bicyclic) bond motifs is 5. The fourth-order valence-corrected chi connectivity index (χ4v) is 9.42. The van der Waals surface area contributed by atoms with E-state index in [0.717, 1.165) is 51.2 Å². The van der Waals surface area contributed by atoms with Gasteiger partial charge in [-0.25, -0.2) is 0 Å². The number of para-hydroxylation sites is 6. The Labute approximate surface area is 357 Å². The summed E-state index contributed by atoms with van der Waals surface area (Å²) in [4.78, 5) is 7.13. The summed E-state index contributed by atoms with van der Waals surface area (Å²) in [6, 6.07) is 83.2. The maximum Gasteiger partial charge on any atom is 0.0583 e. The molecule has 0 atom stereocenters. The highest BCUT2D eigenvalue weighted by Crippen LogP contribution is 2.52. The minimum absolute atomic E-state index is 0.370. The third kappa shape index (κ3) is 6.15. The van der Waals surface area contributed by atoms with Crippen molar-refractivity contribution in [3.63, 3.8) is 0 Å². The Kier molecular flexibility index (Phi) is 8.79. The molecule has 0 bridgehead atoms. The fraction of sp³-hybridized carbons (Fsp3) is 0.0526. The van der Waals surface area contributed by atoms with Gasteiger partial charge < -0.3 is 19.3 Å². The first kappa shape index (κ1) is 36.3. The van der Waals surface area contributed by atoms with Gasteiger partial charge in [-0.1, -0.05) is 123 Å². The molecule has 0 saturated carbocycles. The molecule has 0 spiro atoms. The standard InChI is InChI=1S/C57H44N4/c1-57(2)52-39-48(59(43-25-13-5-14-26-43)44-27-15-6-16-28-44)34-36-55(52)61-54-35-33-47(58(41-21-9-3-10-22-41)42-23-11-4-12-24-42)37-50(54)51-38-49(40-53(57)56(51)61)60(45-29-17-7-18-30-45)46-31-19-8-20-32-46/h3-40H,1-2H3. The normalized spacial score (nSPS) is 12.6.